The van der Waals surface area contributed by atoms with E-state index in [2.05, 4.69) is 16.6 Å². The van der Waals surface area contributed by atoms with Crippen molar-refractivity contribution in [1.29, 1.82) is 0 Å². The number of aliphatic hydroxyl groups excluding tert-OH is 1. The minimum atomic E-state index is -3.44. The first-order valence-corrected chi connectivity index (χ1v) is 7.91. The number of rotatable bonds is 6. The van der Waals surface area contributed by atoms with Crippen LogP contribution in [0.15, 0.2) is 24.3 Å². The molecule has 0 aromatic heterocycles. The van der Waals surface area contributed by atoms with Crippen molar-refractivity contribution in [2.24, 2.45) is 0 Å². The number of nitrogens with one attached hydrogen (secondary N) is 1. The molecule has 0 atom stereocenters. The van der Waals surface area contributed by atoms with Crippen LogP contribution in [0.2, 0.25) is 0 Å². The maximum absolute atomic E-state index is 12.0. The molecule has 5 nitrogen and oxygen atoms in total. The molecule has 0 saturated carbocycles. The van der Waals surface area contributed by atoms with Gasteiger partial charge in [0.2, 0.25) is 0 Å². The molecule has 0 heterocycles. The van der Waals surface area contributed by atoms with E-state index in [1.165, 1.54) is 4.31 Å². The van der Waals surface area contributed by atoms with Crippen LogP contribution in [0.3, 0.4) is 0 Å². The summed E-state index contributed by atoms with van der Waals surface area (Å²) in [6, 6.07) is 7.25. The first-order chi connectivity index (χ1) is 9.53. The lowest BCUT2D eigenvalue weighted by Gasteiger charge is -2.18. The molecule has 0 radical (unpaired) electrons. The van der Waals surface area contributed by atoms with E-state index >= 15 is 0 Å². The molecule has 1 rings (SSSR count). The predicted molar refractivity (Wildman–Crippen MR) is 79.1 cm³/mol. The lowest BCUT2D eigenvalue weighted by atomic mass is 10.1. The van der Waals surface area contributed by atoms with E-state index in [-0.39, 0.29) is 13.2 Å². The second-order valence-corrected chi connectivity index (χ2v) is 5.83. The smallest absolute Gasteiger partial charge is 0.279 e. The number of benzene rings is 1. The van der Waals surface area contributed by atoms with Crippen molar-refractivity contribution in [3.8, 4) is 11.8 Å². The Morgan fingerprint density at radius 3 is 2.60 bits per heavy atom. The van der Waals surface area contributed by atoms with Crippen molar-refractivity contribution < 1.29 is 13.5 Å². The van der Waals surface area contributed by atoms with E-state index in [4.69, 9.17) is 5.11 Å². The van der Waals surface area contributed by atoms with Gasteiger partial charge in [-0.2, -0.15) is 17.4 Å². The van der Waals surface area contributed by atoms with E-state index < -0.39 is 10.2 Å². The minimum absolute atomic E-state index is 0.196. The largest absolute Gasteiger partial charge is 0.384 e. The molecule has 2 N–H and O–H groups in total. The van der Waals surface area contributed by atoms with Crippen LogP contribution >= 0.6 is 0 Å². The summed E-state index contributed by atoms with van der Waals surface area (Å²) >= 11 is 0. The molecule has 0 bridgehead atoms. The van der Waals surface area contributed by atoms with Gasteiger partial charge in [0.1, 0.15) is 6.61 Å². The lowest BCUT2D eigenvalue weighted by molar-refractivity contribution is 0.350. The molecular weight excluding hydrogens is 276 g/mol. The standard InChI is InChI=1S/C14H20N2O3S/c1-3-16(4-2)20(18,19)15-12-14-8-5-7-13(11-14)9-6-10-17/h5,7-8,11,15,17H,3-4,10,12H2,1-2H3. The van der Waals surface area contributed by atoms with Gasteiger partial charge in [0.05, 0.1) is 0 Å². The number of nitrogens with zero attached hydrogens (tertiary/aromatic N) is 1. The summed E-state index contributed by atoms with van der Waals surface area (Å²) in [7, 11) is -3.44. The number of hydrogen-bond acceptors (Lipinski definition) is 3. The van der Waals surface area contributed by atoms with Crippen molar-refractivity contribution in [3.05, 3.63) is 35.4 Å². The summed E-state index contributed by atoms with van der Waals surface area (Å²) in [4.78, 5) is 0. The molecule has 0 fully saturated rings. The van der Waals surface area contributed by atoms with Crippen molar-refractivity contribution in [2.45, 2.75) is 20.4 Å². The Bertz CT molecular complexity index is 584. The van der Waals surface area contributed by atoms with Crippen LogP contribution in [0.25, 0.3) is 0 Å². The van der Waals surface area contributed by atoms with Crippen molar-refractivity contribution in [2.75, 3.05) is 19.7 Å². The van der Waals surface area contributed by atoms with E-state index in [9.17, 15) is 8.42 Å². The Morgan fingerprint density at radius 1 is 1.30 bits per heavy atom. The molecule has 0 spiro atoms. The number of hydrogen-bond donors (Lipinski definition) is 2. The molecule has 1 aromatic rings. The molecule has 110 valence electrons. The van der Waals surface area contributed by atoms with Crippen LogP contribution in [-0.4, -0.2) is 37.5 Å². The molecule has 0 aliphatic rings. The zero-order valence-electron chi connectivity index (χ0n) is 11.8. The molecular formula is C14H20N2O3S. The van der Waals surface area contributed by atoms with Gasteiger partial charge in [0, 0.05) is 25.2 Å². The molecule has 6 heteroatoms. The summed E-state index contributed by atoms with van der Waals surface area (Å²) < 4.78 is 27.9. The zero-order chi connectivity index (χ0) is 15.0. The molecule has 0 unspecified atom stereocenters. The van der Waals surface area contributed by atoms with Gasteiger partial charge < -0.3 is 5.11 Å². The van der Waals surface area contributed by atoms with Crippen molar-refractivity contribution in [3.63, 3.8) is 0 Å². The average molecular weight is 296 g/mol. The average Bonchev–Trinajstić information content (AvgIpc) is 2.44. The summed E-state index contributed by atoms with van der Waals surface area (Å²) in [6.07, 6.45) is 0. The van der Waals surface area contributed by atoms with Gasteiger partial charge in [0.25, 0.3) is 10.2 Å². The van der Waals surface area contributed by atoms with Gasteiger partial charge in [-0.25, -0.2) is 0 Å². The quantitative estimate of drug-likeness (QED) is 0.760. The molecule has 0 aliphatic heterocycles. The summed E-state index contributed by atoms with van der Waals surface area (Å²) in [6.45, 7) is 4.50. The van der Waals surface area contributed by atoms with Gasteiger partial charge in [-0.3, -0.25) is 0 Å². The highest BCUT2D eigenvalue weighted by Gasteiger charge is 2.17. The predicted octanol–water partition coefficient (Wildman–Crippen LogP) is 0.707. The van der Waals surface area contributed by atoms with Gasteiger partial charge in [-0.1, -0.05) is 37.8 Å². The molecule has 1 aromatic carbocycles. The van der Waals surface area contributed by atoms with Crippen LogP contribution in [0.1, 0.15) is 25.0 Å². The zero-order valence-corrected chi connectivity index (χ0v) is 12.6. The van der Waals surface area contributed by atoms with Crippen molar-refractivity contribution >= 4 is 10.2 Å². The van der Waals surface area contributed by atoms with E-state index in [0.717, 1.165) is 11.1 Å². The highest BCUT2D eigenvalue weighted by atomic mass is 32.2. The first kappa shape index (κ1) is 16.7. The Labute approximate surface area is 120 Å². The third kappa shape index (κ3) is 4.94. The fraction of sp³-hybridized carbons (Fsp3) is 0.429. The maximum Gasteiger partial charge on any atom is 0.279 e. The van der Waals surface area contributed by atoms with Crippen LogP contribution in [-0.2, 0) is 16.8 Å². The molecule has 0 saturated heterocycles. The van der Waals surface area contributed by atoms with Gasteiger partial charge in [-0.05, 0) is 17.7 Å². The Balaban J connectivity index is 2.75. The Kier molecular flexibility index (Phi) is 6.68. The Hall–Kier alpha value is -1.39. The third-order valence-electron chi connectivity index (χ3n) is 2.74. The second-order valence-electron chi connectivity index (χ2n) is 4.07. The highest BCUT2D eigenvalue weighted by molar-refractivity contribution is 7.87. The summed E-state index contributed by atoms with van der Waals surface area (Å²) in [5.41, 5.74) is 1.57. The van der Waals surface area contributed by atoms with Crippen LogP contribution in [0, 0.1) is 11.8 Å². The fourth-order valence-corrected chi connectivity index (χ4v) is 2.94. The third-order valence-corrected chi connectivity index (χ3v) is 4.45. The Morgan fingerprint density at radius 2 is 2.00 bits per heavy atom. The van der Waals surface area contributed by atoms with Gasteiger partial charge >= 0.3 is 0 Å². The summed E-state index contributed by atoms with van der Waals surface area (Å²) in [5.74, 6) is 5.35. The van der Waals surface area contributed by atoms with Crippen LogP contribution in [0.4, 0.5) is 0 Å². The monoisotopic (exact) mass is 296 g/mol. The second kappa shape index (κ2) is 8.02. The lowest BCUT2D eigenvalue weighted by Crippen LogP contribution is -2.40. The normalized spacial score (nSPS) is 11.2. The maximum atomic E-state index is 12.0. The number of aliphatic hydroxyl groups is 1. The van der Waals surface area contributed by atoms with Gasteiger partial charge in [0.15, 0.2) is 0 Å². The molecule has 0 aliphatic carbocycles. The molecule has 0 amide bonds. The topological polar surface area (TPSA) is 69.6 Å². The SMILES string of the molecule is CCN(CC)S(=O)(=O)NCc1cccc(C#CCO)c1. The van der Waals surface area contributed by atoms with Crippen LogP contribution < -0.4 is 4.72 Å². The van der Waals surface area contributed by atoms with Crippen LogP contribution in [0.5, 0.6) is 0 Å². The van der Waals surface area contributed by atoms with Gasteiger partial charge in [-0.15, -0.1) is 0 Å². The van der Waals surface area contributed by atoms with E-state index in [0.29, 0.717) is 13.1 Å². The van der Waals surface area contributed by atoms with E-state index in [1.807, 2.05) is 18.2 Å². The first-order valence-electron chi connectivity index (χ1n) is 6.46. The fourth-order valence-electron chi connectivity index (χ4n) is 1.73. The molecule has 20 heavy (non-hydrogen) atoms. The summed E-state index contributed by atoms with van der Waals surface area (Å²) in [5, 5.41) is 8.65. The van der Waals surface area contributed by atoms with Crippen molar-refractivity contribution in [1.82, 2.24) is 9.03 Å². The van der Waals surface area contributed by atoms with E-state index in [1.54, 1.807) is 19.9 Å². The highest BCUT2D eigenvalue weighted by Crippen LogP contribution is 2.05. The minimum Gasteiger partial charge on any atom is -0.384 e.